The summed E-state index contributed by atoms with van der Waals surface area (Å²) < 4.78 is 18.5. The fraction of sp³-hybridized carbons (Fsp3) is 0.478. The Hall–Kier alpha value is -1.46. The average molecular weight is 387 g/mol. The minimum atomic E-state index is -2.74. The second kappa shape index (κ2) is 11.4. The standard InChI is InChI=1S/C23H34O3Si/c1-20(2)19-26-27(22-11-7-5-8-12-22,23-13-9-6-10-14-23)25-18-16-21(3)15-17-24-4/h5-14,20-21H,15-19H2,1-4H3. The van der Waals surface area contributed by atoms with E-state index in [2.05, 4.69) is 69.3 Å². The molecule has 1 atom stereocenters. The second-order valence-electron chi connectivity index (χ2n) is 7.58. The lowest BCUT2D eigenvalue weighted by molar-refractivity contribution is 0.151. The van der Waals surface area contributed by atoms with Gasteiger partial charge in [-0.15, -0.1) is 0 Å². The zero-order valence-electron chi connectivity index (χ0n) is 17.2. The van der Waals surface area contributed by atoms with Crippen molar-refractivity contribution in [2.24, 2.45) is 11.8 Å². The molecule has 0 saturated carbocycles. The topological polar surface area (TPSA) is 27.7 Å². The number of hydrogen-bond donors (Lipinski definition) is 0. The van der Waals surface area contributed by atoms with E-state index in [0.717, 1.165) is 19.4 Å². The van der Waals surface area contributed by atoms with Crippen molar-refractivity contribution in [2.75, 3.05) is 26.9 Å². The van der Waals surface area contributed by atoms with Crippen LogP contribution in [0.15, 0.2) is 60.7 Å². The molecule has 0 aliphatic rings. The third kappa shape index (κ3) is 6.57. The molecular weight excluding hydrogens is 352 g/mol. The summed E-state index contributed by atoms with van der Waals surface area (Å²) in [4.78, 5) is 0. The number of rotatable bonds is 12. The van der Waals surface area contributed by atoms with Gasteiger partial charge in [-0.2, -0.15) is 0 Å². The van der Waals surface area contributed by atoms with E-state index in [1.54, 1.807) is 7.11 Å². The predicted molar refractivity (Wildman–Crippen MR) is 115 cm³/mol. The van der Waals surface area contributed by atoms with E-state index in [1.807, 2.05) is 12.1 Å². The Morgan fingerprint density at radius 1 is 0.741 bits per heavy atom. The van der Waals surface area contributed by atoms with Gasteiger partial charge in [0.05, 0.1) is 0 Å². The van der Waals surface area contributed by atoms with E-state index in [-0.39, 0.29) is 0 Å². The molecule has 0 radical (unpaired) electrons. The predicted octanol–water partition coefficient (Wildman–Crippen LogP) is 3.99. The molecular formula is C23H34O3Si. The van der Waals surface area contributed by atoms with Crippen LogP contribution in [0, 0.1) is 11.8 Å². The van der Waals surface area contributed by atoms with E-state index >= 15 is 0 Å². The Morgan fingerprint density at radius 3 is 1.74 bits per heavy atom. The summed E-state index contributed by atoms with van der Waals surface area (Å²) >= 11 is 0. The Labute approximate surface area is 165 Å². The van der Waals surface area contributed by atoms with Gasteiger partial charge in [0.25, 0.3) is 0 Å². The third-order valence-corrected chi connectivity index (χ3v) is 8.03. The molecule has 0 aliphatic heterocycles. The molecule has 0 heterocycles. The van der Waals surface area contributed by atoms with Crippen molar-refractivity contribution in [2.45, 2.75) is 33.6 Å². The minimum absolute atomic E-state index is 0.452. The summed E-state index contributed by atoms with van der Waals surface area (Å²) in [5.74, 6) is 1.02. The van der Waals surface area contributed by atoms with Gasteiger partial charge in [0, 0.05) is 26.9 Å². The van der Waals surface area contributed by atoms with E-state index < -0.39 is 8.56 Å². The molecule has 0 aromatic heterocycles. The second-order valence-corrected chi connectivity index (χ2v) is 10.5. The molecule has 0 bridgehead atoms. The lowest BCUT2D eigenvalue weighted by Crippen LogP contribution is -2.63. The molecule has 27 heavy (non-hydrogen) atoms. The van der Waals surface area contributed by atoms with Crippen LogP contribution < -0.4 is 10.4 Å². The molecule has 4 heteroatoms. The highest BCUT2D eigenvalue weighted by atomic mass is 28.4. The van der Waals surface area contributed by atoms with Gasteiger partial charge in [-0.1, -0.05) is 81.4 Å². The fourth-order valence-corrected chi connectivity index (χ4v) is 6.33. The Kier molecular flexibility index (Phi) is 9.21. The van der Waals surface area contributed by atoms with Crippen LogP contribution in [0.1, 0.15) is 33.6 Å². The lowest BCUT2D eigenvalue weighted by atomic mass is 10.1. The molecule has 0 fully saturated rings. The van der Waals surface area contributed by atoms with E-state index in [1.165, 1.54) is 10.4 Å². The van der Waals surface area contributed by atoms with Gasteiger partial charge < -0.3 is 13.6 Å². The van der Waals surface area contributed by atoms with E-state index in [0.29, 0.717) is 25.0 Å². The van der Waals surface area contributed by atoms with Crippen LogP contribution in [-0.4, -0.2) is 35.5 Å². The Bertz CT molecular complexity index is 591. The van der Waals surface area contributed by atoms with E-state index in [4.69, 9.17) is 13.6 Å². The highest BCUT2D eigenvalue weighted by Crippen LogP contribution is 2.15. The fourth-order valence-electron chi connectivity index (χ4n) is 3.01. The third-order valence-electron chi connectivity index (χ3n) is 4.66. The van der Waals surface area contributed by atoms with Gasteiger partial charge in [0.2, 0.25) is 0 Å². The van der Waals surface area contributed by atoms with Gasteiger partial charge in [-0.3, -0.25) is 0 Å². The smallest absolute Gasteiger partial charge is 0.388 e. The van der Waals surface area contributed by atoms with Gasteiger partial charge in [-0.05, 0) is 35.1 Å². The van der Waals surface area contributed by atoms with Crippen LogP contribution >= 0.6 is 0 Å². The van der Waals surface area contributed by atoms with Crippen molar-refractivity contribution in [3.05, 3.63) is 60.7 Å². The van der Waals surface area contributed by atoms with Crippen LogP contribution in [0.25, 0.3) is 0 Å². The van der Waals surface area contributed by atoms with Gasteiger partial charge in [-0.25, -0.2) is 0 Å². The van der Waals surface area contributed by atoms with Crippen molar-refractivity contribution >= 4 is 18.9 Å². The summed E-state index contributed by atoms with van der Waals surface area (Å²) in [6.45, 7) is 8.80. The highest BCUT2D eigenvalue weighted by Gasteiger charge is 2.42. The van der Waals surface area contributed by atoms with Crippen molar-refractivity contribution in [1.29, 1.82) is 0 Å². The summed E-state index contributed by atoms with van der Waals surface area (Å²) in [6, 6.07) is 21.0. The molecule has 148 valence electrons. The van der Waals surface area contributed by atoms with Crippen LogP contribution in [-0.2, 0) is 13.6 Å². The van der Waals surface area contributed by atoms with Crippen molar-refractivity contribution in [3.8, 4) is 0 Å². The van der Waals surface area contributed by atoms with Crippen LogP contribution in [0.4, 0.5) is 0 Å². The SMILES string of the molecule is COCCC(C)CCO[Si](OCC(C)C)(c1ccccc1)c1ccccc1. The molecule has 0 aliphatic carbocycles. The highest BCUT2D eigenvalue weighted by molar-refractivity contribution is 6.92. The maximum Gasteiger partial charge on any atom is 0.407 e. The number of hydrogen-bond acceptors (Lipinski definition) is 3. The summed E-state index contributed by atoms with van der Waals surface area (Å²) in [7, 11) is -0.984. The number of methoxy groups -OCH3 is 1. The summed E-state index contributed by atoms with van der Waals surface area (Å²) in [6.07, 6.45) is 2.06. The van der Waals surface area contributed by atoms with Crippen LogP contribution in [0.5, 0.6) is 0 Å². The van der Waals surface area contributed by atoms with Gasteiger partial charge in [0.15, 0.2) is 0 Å². The first kappa shape index (κ1) is 21.8. The molecule has 0 N–H and O–H groups in total. The molecule has 2 aromatic rings. The molecule has 3 nitrogen and oxygen atoms in total. The van der Waals surface area contributed by atoms with Crippen LogP contribution in [0.2, 0.25) is 0 Å². The largest absolute Gasteiger partial charge is 0.407 e. The first-order valence-corrected chi connectivity index (χ1v) is 11.8. The molecule has 2 rings (SSSR count). The molecule has 1 unspecified atom stereocenters. The molecule has 0 spiro atoms. The van der Waals surface area contributed by atoms with Gasteiger partial charge >= 0.3 is 8.56 Å². The summed E-state index contributed by atoms with van der Waals surface area (Å²) in [5.41, 5.74) is 0. The maximum atomic E-state index is 6.68. The summed E-state index contributed by atoms with van der Waals surface area (Å²) in [5, 5.41) is 2.34. The Balaban J connectivity index is 2.27. The Morgan fingerprint density at radius 2 is 1.26 bits per heavy atom. The van der Waals surface area contributed by atoms with Crippen molar-refractivity contribution < 1.29 is 13.6 Å². The molecule has 2 aromatic carbocycles. The monoisotopic (exact) mass is 386 g/mol. The molecule has 0 amide bonds. The van der Waals surface area contributed by atoms with E-state index in [9.17, 15) is 0 Å². The maximum absolute atomic E-state index is 6.68. The normalized spacial score (nSPS) is 13.1. The lowest BCUT2D eigenvalue weighted by Gasteiger charge is -2.32. The minimum Gasteiger partial charge on any atom is -0.388 e. The van der Waals surface area contributed by atoms with Crippen LogP contribution in [0.3, 0.4) is 0 Å². The zero-order valence-corrected chi connectivity index (χ0v) is 18.2. The first-order valence-electron chi connectivity index (χ1n) is 9.96. The quantitative estimate of drug-likeness (QED) is 0.516. The zero-order chi connectivity index (χ0) is 19.5. The average Bonchev–Trinajstić information content (AvgIpc) is 2.70. The van der Waals surface area contributed by atoms with Gasteiger partial charge in [0.1, 0.15) is 0 Å². The first-order chi connectivity index (χ1) is 13.1. The molecule has 0 saturated heterocycles. The number of benzene rings is 2. The van der Waals surface area contributed by atoms with Crippen molar-refractivity contribution in [1.82, 2.24) is 0 Å². The number of ether oxygens (including phenoxy) is 1. The van der Waals surface area contributed by atoms with Crippen molar-refractivity contribution in [3.63, 3.8) is 0 Å².